The highest BCUT2D eigenvalue weighted by Gasteiger charge is 2.20. The van der Waals surface area contributed by atoms with Gasteiger partial charge in [-0.15, -0.1) is 11.8 Å². The summed E-state index contributed by atoms with van der Waals surface area (Å²) in [4.78, 5) is 22.0. The number of rotatable bonds is 6. The Morgan fingerprint density at radius 3 is 2.40 bits per heavy atom. The van der Waals surface area contributed by atoms with Crippen molar-refractivity contribution >= 4 is 29.3 Å². The van der Waals surface area contributed by atoms with Gasteiger partial charge >= 0.3 is 0 Å². The molecule has 25 heavy (non-hydrogen) atoms. The Morgan fingerprint density at radius 1 is 1.04 bits per heavy atom. The number of aromatic nitrogens is 1. The number of benzene rings is 1. The van der Waals surface area contributed by atoms with Gasteiger partial charge in [-0.05, 0) is 42.0 Å². The average molecular weight is 376 g/mol. The molecule has 4 nitrogen and oxygen atoms in total. The molecule has 1 aromatic carbocycles. The minimum Gasteiger partial charge on any atom is -0.340 e. The second-order valence-electron chi connectivity index (χ2n) is 6.06. The van der Waals surface area contributed by atoms with Crippen LogP contribution >= 0.6 is 23.4 Å². The smallest absolute Gasteiger partial charge is 0.223 e. The molecule has 0 spiro atoms. The monoisotopic (exact) mass is 375 g/mol. The molecule has 0 unspecified atom stereocenters. The van der Waals surface area contributed by atoms with E-state index in [1.54, 1.807) is 11.8 Å². The van der Waals surface area contributed by atoms with Crippen LogP contribution in [0.25, 0.3) is 0 Å². The Balaban J connectivity index is 1.37. The molecule has 1 aliphatic heterocycles. The predicted octanol–water partition coefficient (Wildman–Crippen LogP) is 3.56. The molecule has 6 heteroatoms. The van der Waals surface area contributed by atoms with Gasteiger partial charge in [0.15, 0.2) is 0 Å². The number of hydrogen-bond acceptors (Lipinski definition) is 4. The molecular weight excluding hydrogens is 354 g/mol. The molecule has 0 aliphatic carbocycles. The van der Waals surface area contributed by atoms with E-state index in [0.29, 0.717) is 6.42 Å². The number of halogens is 1. The average Bonchev–Trinajstić information content (AvgIpc) is 2.65. The first-order valence-electron chi connectivity index (χ1n) is 8.48. The molecule has 2 heterocycles. The van der Waals surface area contributed by atoms with Crippen LogP contribution in [0.2, 0.25) is 5.02 Å². The normalized spacial score (nSPS) is 15.3. The van der Waals surface area contributed by atoms with Crippen LogP contribution in [0.15, 0.2) is 53.7 Å². The molecule has 0 N–H and O–H groups in total. The topological polar surface area (TPSA) is 36.4 Å². The summed E-state index contributed by atoms with van der Waals surface area (Å²) >= 11 is 7.58. The van der Waals surface area contributed by atoms with Crippen molar-refractivity contribution < 1.29 is 4.79 Å². The maximum Gasteiger partial charge on any atom is 0.223 e. The van der Waals surface area contributed by atoms with E-state index < -0.39 is 0 Å². The van der Waals surface area contributed by atoms with Gasteiger partial charge in [-0.1, -0.05) is 11.6 Å². The van der Waals surface area contributed by atoms with Crippen LogP contribution in [0.3, 0.4) is 0 Å². The Morgan fingerprint density at radius 2 is 1.72 bits per heavy atom. The molecule has 1 aromatic heterocycles. The van der Waals surface area contributed by atoms with Gasteiger partial charge in [-0.25, -0.2) is 0 Å². The van der Waals surface area contributed by atoms with Crippen molar-refractivity contribution in [3.05, 3.63) is 59.4 Å². The first-order valence-corrected chi connectivity index (χ1v) is 9.84. The number of pyridine rings is 1. The Hall–Kier alpha value is -1.56. The van der Waals surface area contributed by atoms with Gasteiger partial charge in [0.25, 0.3) is 0 Å². The number of nitrogens with zero attached hydrogens (tertiary/aromatic N) is 3. The number of carbonyl (C=O) groups is 1. The molecule has 1 aliphatic rings. The fourth-order valence-corrected chi connectivity index (χ4v) is 3.81. The molecule has 0 radical (unpaired) electrons. The van der Waals surface area contributed by atoms with E-state index >= 15 is 0 Å². The van der Waals surface area contributed by atoms with Crippen molar-refractivity contribution in [3.8, 4) is 0 Å². The van der Waals surface area contributed by atoms with Crippen molar-refractivity contribution in [2.24, 2.45) is 0 Å². The Bertz CT molecular complexity index is 673. The van der Waals surface area contributed by atoms with E-state index in [0.717, 1.165) is 48.4 Å². The zero-order chi connectivity index (χ0) is 17.5. The zero-order valence-corrected chi connectivity index (χ0v) is 15.7. The molecule has 0 bridgehead atoms. The number of thioether (sulfide) groups is 1. The van der Waals surface area contributed by atoms with Crippen molar-refractivity contribution in [2.45, 2.75) is 17.9 Å². The Kier molecular flexibility index (Phi) is 6.73. The minimum absolute atomic E-state index is 0.255. The molecule has 2 aromatic rings. The van der Waals surface area contributed by atoms with E-state index in [4.69, 9.17) is 11.6 Å². The summed E-state index contributed by atoms with van der Waals surface area (Å²) in [5, 5.41) is 0.741. The SMILES string of the molecule is O=C(CCSc1ccc(Cl)cc1)N1CCN(Cc2ccncc2)CC1. The fraction of sp³-hybridized carbons (Fsp3) is 0.368. The minimum atomic E-state index is 0.255. The first-order chi connectivity index (χ1) is 12.2. The lowest BCUT2D eigenvalue weighted by Gasteiger charge is -2.34. The van der Waals surface area contributed by atoms with Gasteiger partial charge in [-0.3, -0.25) is 14.7 Å². The molecular formula is C19H22ClN3OS. The second kappa shape index (κ2) is 9.22. The summed E-state index contributed by atoms with van der Waals surface area (Å²) in [6.07, 6.45) is 4.23. The largest absolute Gasteiger partial charge is 0.340 e. The third-order valence-corrected chi connectivity index (χ3v) is 5.54. The molecule has 132 valence electrons. The van der Waals surface area contributed by atoms with Gasteiger partial charge in [-0.2, -0.15) is 0 Å². The lowest BCUT2D eigenvalue weighted by molar-refractivity contribution is -0.132. The fourth-order valence-electron chi connectivity index (χ4n) is 2.85. The van der Waals surface area contributed by atoms with Crippen LogP contribution in [0, 0.1) is 0 Å². The van der Waals surface area contributed by atoms with Gasteiger partial charge in [0, 0.05) is 67.2 Å². The number of carbonyl (C=O) groups excluding carboxylic acids is 1. The molecule has 1 saturated heterocycles. The van der Waals surface area contributed by atoms with Crippen molar-refractivity contribution in [1.82, 2.24) is 14.8 Å². The van der Waals surface area contributed by atoms with Gasteiger partial charge in [0.2, 0.25) is 5.91 Å². The number of amides is 1. The quantitative estimate of drug-likeness (QED) is 0.723. The molecule has 0 atom stereocenters. The summed E-state index contributed by atoms with van der Waals surface area (Å²) < 4.78 is 0. The van der Waals surface area contributed by atoms with Crippen molar-refractivity contribution in [1.29, 1.82) is 0 Å². The highest BCUT2D eigenvalue weighted by molar-refractivity contribution is 7.99. The summed E-state index contributed by atoms with van der Waals surface area (Å²) in [6, 6.07) is 11.9. The third-order valence-electron chi connectivity index (χ3n) is 4.28. The number of piperazine rings is 1. The van der Waals surface area contributed by atoms with Crippen LogP contribution in [-0.4, -0.2) is 52.6 Å². The van der Waals surface area contributed by atoms with E-state index in [1.165, 1.54) is 5.56 Å². The molecule has 0 saturated carbocycles. The van der Waals surface area contributed by atoms with Crippen LogP contribution in [0.5, 0.6) is 0 Å². The maximum atomic E-state index is 12.4. The summed E-state index contributed by atoms with van der Waals surface area (Å²) in [5.74, 6) is 1.06. The molecule has 3 rings (SSSR count). The molecule has 1 amide bonds. The lowest BCUT2D eigenvalue weighted by atomic mass is 10.2. The van der Waals surface area contributed by atoms with Crippen molar-refractivity contribution in [3.63, 3.8) is 0 Å². The summed E-state index contributed by atoms with van der Waals surface area (Å²) in [6.45, 7) is 4.42. The van der Waals surface area contributed by atoms with E-state index in [-0.39, 0.29) is 5.91 Å². The van der Waals surface area contributed by atoms with Gasteiger partial charge in [0.05, 0.1) is 0 Å². The lowest BCUT2D eigenvalue weighted by Crippen LogP contribution is -2.48. The predicted molar refractivity (Wildman–Crippen MR) is 103 cm³/mol. The van der Waals surface area contributed by atoms with Crippen LogP contribution < -0.4 is 0 Å². The van der Waals surface area contributed by atoms with Gasteiger partial charge < -0.3 is 4.90 Å². The third kappa shape index (κ3) is 5.73. The first kappa shape index (κ1) is 18.2. The summed E-state index contributed by atoms with van der Waals surface area (Å²) in [7, 11) is 0. The second-order valence-corrected chi connectivity index (χ2v) is 7.67. The number of hydrogen-bond donors (Lipinski definition) is 0. The van der Waals surface area contributed by atoms with Crippen molar-refractivity contribution in [2.75, 3.05) is 31.9 Å². The highest BCUT2D eigenvalue weighted by atomic mass is 35.5. The van der Waals surface area contributed by atoms with E-state index in [9.17, 15) is 4.79 Å². The van der Waals surface area contributed by atoms with E-state index in [2.05, 4.69) is 9.88 Å². The Labute approximate surface area is 158 Å². The molecule has 1 fully saturated rings. The highest BCUT2D eigenvalue weighted by Crippen LogP contribution is 2.21. The summed E-state index contributed by atoms with van der Waals surface area (Å²) in [5.41, 5.74) is 1.27. The standard InChI is InChI=1S/C19H22ClN3OS/c20-17-1-3-18(4-2-17)25-14-7-19(24)23-12-10-22(11-13-23)15-16-5-8-21-9-6-16/h1-6,8-9H,7,10-15H2. The van der Waals surface area contributed by atoms with Crippen LogP contribution in [0.4, 0.5) is 0 Å². The van der Waals surface area contributed by atoms with E-state index in [1.807, 2.05) is 53.7 Å². The van der Waals surface area contributed by atoms with Crippen LogP contribution in [0.1, 0.15) is 12.0 Å². The van der Waals surface area contributed by atoms with Crippen LogP contribution in [-0.2, 0) is 11.3 Å². The maximum absolute atomic E-state index is 12.4. The zero-order valence-electron chi connectivity index (χ0n) is 14.1. The van der Waals surface area contributed by atoms with Gasteiger partial charge in [0.1, 0.15) is 0 Å².